The predicted octanol–water partition coefficient (Wildman–Crippen LogP) is 3.54. The summed E-state index contributed by atoms with van der Waals surface area (Å²) in [5.41, 5.74) is 2.19. The molecule has 26 heavy (non-hydrogen) atoms. The highest BCUT2D eigenvalue weighted by atomic mass is 35.5. The Morgan fingerprint density at radius 1 is 1.00 bits per heavy atom. The Balaban J connectivity index is 1.71. The summed E-state index contributed by atoms with van der Waals surface area (Å²) in [6.45, 7) is 4.22. The SMILES string of the molecule is Cc1cc(OCC(=O)NCCNC(=O)c2ccccc2Cl)cc(C)c1Cl. The first-order valence-electron chi connectivity index (χ1n) is 8.07. The molecule has 0 aliphatic heterocycles. The summed E-state index contributed by atoms with van der Waals surface area (Å²) in [5.74, 6) is 0.0297. The van der Waals surface area contributed by atoms with E-state index in [-0.39, 0.29) is 31.5 Å². The van der Waals surface area contributed by atoms with Crippen molar-refractivity contribution >= 4 is 35.0 Å². The molecule has 2 N–H and O–H groups in total. The second-order valence-corrected chi connectivity index (χ2v) is 6.53. The van der Waals surface area contributed by atoms with Gasteiger partial charge in [0.05, 0.1) is 10.6 Å². The first kappa shape index (κ1) is 20.1. The number of ether oxygens (including phenoxy) is 1. The van der Waals surface area contributed by atoms with Crippen LogP contribution in [-0.2, 0) is 4.79 Å². The topological polar surface area (TPSA) is 67.4 Å². The lowest BCUT2D eigenvalue weighted by molar-refractivity contribution is -0.123. The number of rotatable bonds is 7. The van der Waals surface area contributed by atoms with Crippen LogP contribution < -0.4 is 15.4 Å². The molecule has 0 heterocycles. The molecule has 2 amide bonds. The van der Waals surface area contributed by atoms with Crippen molar-refractivity contribution in [1.82, 2.24) is 10.6 Å². The zero-order valence-corrected chi connectivity index (χ0v) is 16.1. The zero-order valence-electron chi connectivity index (χ0n) is 14.6. The summed E-state index contributed by atoms with van der Waals surface area (Å²) < 4.78 is 5.47. The molecule has 2 aromatic rings. The third kappa shape index (κ3) is 5.64. The molecule has 5 nitrogen and oxygen atoms in total. The van der Waals surface area contributed by atoms with Gasteiger partial charge in [0.2, 0.25) is 0 Å². The van der Waals surface area contributed by atoms with Crippen molar-refractivity contribution in [3.8, 4) is 5.75 Å². The predicted molar refractivity (Wildman–Crippen MR) is 103 cm³/mol. The van der Waals surface area contributed by atoms with Crippen molar-refractivity contribution < 1.29 is 14.3 Å². The summed E-state index contributed by atoms with van der Waals surface area (Å²) in [6.07, 6.45) is 0. The lowest BCUT2D eigenvalue weighted by Gasteiger charge is -2.11. The van der Waals surface area contributed by atoms with E-state index in [2.05, 4.69) is 10.6 Å². The molecule has 0 fully saturated rings. The van der Waals surface area contributed by atoms with Crippen molar-refractivity contribution in [3.63, 3.8) is 0 Å². The second kappa shape index (κ2) is 9.46. The van der Waals surface area contributed by atoms with Crippen molar-refractivity contribution in [2.24, 2.45) is 0 Å². The van der Waals surface area contributed by atoms with Crippen LogP contribution in [0.4, 0.5) is 0 Å². The molecule has 0 radical (unpaired) electrons. The summed E-state index contributed by atoms with van der Waals surface area (Å²) in [5, 5.41) is 6.45. The molecule has 138 valence electrons. The lowest BCUT2D eigenvalue weighted by Crippen LogP contribution is -2.36. The lowest BCUT2D eigenvalue weighted by atomic mass is 10.1. The summed E-state index contributed by atoms with van der Waals surface area (Å²) in [6, 6.07) is 10.3. The summed E-state index contributed by atoms with van der Waals surface area (Å²) in [4.78, 5) is 23.8. The van der Waals surface area contributed by atoms with E-state index in [9.17, 15) is 9.59 Å². The van der Waals surface area contributed by atoms with Gasteiger partial charge in [-0.2, -0.15) is 0 Å². The van der Waals surface area contributed by atoms with Gasteiger partial charge < -0.3 is 15.4 Å². The van der Waals surface area contributed by atoms with Gasteiger partial charge in [0.1, 0.15) is 5.75 Å². The van der Waals surface area contributed by atoms with E-state index in [0.29, 0.717) is 21.4 Å². The number of nitrogens with one attached hydrogen (secondary N) is 2. The van der Waals surface area contributed by atoms with Gasteiger partial charge in [-0.25, -0.2) is 0 Å². The van der Waals surface area contributed by atoms with Crippen molar-refractivity contribution in [2.75, 3.05) is 19.7 Å². The Hall–Kier alpha value is -2.24. The maximum atomic E-state index is 12.0. The van der Waals surface area contributed by atoms with Crippen molar-refractivity contribution in [1.29, 1.82) is 0 Å². The van der Waals surface area contributed by atoms with E-state index in [4.69, 9.17) is 27.9 Å². The van der Waals surface area contributed by atoms with Crippen LogP contribution in [0, 0.1) is 13.8 Å². The van der Waals surface area contributed by atoms with Crippen LogP contribution in [0.1, 0.15) is 21.5 Å². The standard InChI is InChI=1S/C19H20Cl2N2O3/c1-12-9-14(10-13(2)18(12)21)26-11-17(24)22-7-8-23-19(25)15-5-3-4-6-16(15)20/h3-6,9-10H,7-8,11H2,1-2H3,(H,22,24)(H,23,25). The number of carbonyl (C=O) groups is 2. The molecule has 0 bridgehead atoms. The highest BCUT2D eigenvalue weighted by Crippen LogP contribution is 2.25. The molecule has 0 spiro atoms. The van der Waals surface area contributed by atoms with Crippen LogP contribution >= 0.6 is 23.2 Å². The van der Waals surface area contributed by atoms with Crippen LogP contribution in [0.5, 0.6) is 5.75 Å². The molecule has 0 aliphatic carbocycles. The molecule has 0 aromatic heterocycles. The molecule has 0 saturated carbocycles. The fourth-order valence-corrected chi connectivity index (χ4v) is 2.64. The second-order valence-electron chi connectivity index (χ2n) is 5.75. The smallest absolute Gasteiger partial charge is 0.258 e. The minimum absolute atomic E-state index is 0.112. The Morgan fingerprint density at radius 3 is 2.27 bits per heavy atom. The average molecular weight is 395 g/mol. The number of halogens is 2. The first-order valence-corrected chi connectivity index (χ1v) is 8.83. The zero-order chi connectivity index (χ0) is 19.1. The fourth-order valence-electron chi connectivity index (χ4n) is 2.31. The number of hydrogen-bond acceptors (Lipinski definition) is 3. The fraction of sp³-hybridized carbons (Fsp3) is 0.263. The normalized spacial score (nSPS) is 10.3. The average Bonchev–Trinajstić information content (AvgIpc) is 2.61. The minimum Gasteiger partial charge on any atom is -0.484 e. The van der Waals surface area contributed by atoms with Gasteiger partial charge in [0, 0.05) is 18.1 Å². The molecule has 2 aromatic carbocycles. The molecule has 0 aliphatic rings. The van der Waals surface area contributed by atoms with Crippen molar-refractivity contribution in [2.45, 2.75) is 13.8 Å². The van der Waals surface area contributed by atoms with Gasteiger partial charge in [-0.15, -0.1) is 0 Å². The molecule has 0 atom stereocenters. The Labute approximate surface area is 162 Å². The van der Waals surface area contributed by atoms with E-state index in [1.807, 2.05) is 13.8 Å². The van der Waals surface area contributed by atoms with Gasteiger partial charge >= 0.3 is 0 Å². The molecule has 2 rings (SSSR count). The molecular weight excluding hydrogens is 375 g/mol. The number of benzene rings is 2. The van der Waals surface area contributed by atoms with E-state index >= 15 is 0 Å². The molecule has 0 saturated heterocycles. The third-order valence-electron chi connectivity index (χ3n) is 3.63. The Morgan fingerprint density at radius 2 is 1.62 bits per heavy atom. The van der Waals surface area contributed by atoms with Crippen LogP contribution in [0.15, 0.2) is 36.4 Å². The highest BCUT2D eigenvalue weighted by molar-refractivity contribution is 6.33. The Bertz CT molecular complexity index is 786. The van der Waals surface area contributed by atoms with E-state index in [1.165, 1.54) is 0 Å². The van der Waals surface area contributed by atoms with Gasteiger partial charge in [-0.3, -0.25) is 9.59 Å². The van der Waals surface area contributed by atoms with Crippen LogP contribution in [0.25, 0.3) is 0 Å². The molecular formula is C19H20Cl2N2O3. The maximum Gasteiger partial charge on any atom is 0.258 e. The quantitative estimate of drug-likeness (QED) is 0.705. The molecule has 0 unspecified atom stereocenters. The van der Waals surface area contributed by atoms with Gasteiger partial charge in [-0.1, -0.05) is 35.3 Å². The van der Waals surface area contributed by atoms with Crippen LogP contribution in [-0.4, -0.2) is 31.5 Å². The maximum absolute atomic E-state index is 12.0. The molecule has 7 heteroatoms. The number of amides is 2. The number of carbonyl (C=O) groups excluding carboxylic acids is 2. The monoisotopic (exact) mass is 394 g/mol. The van der Waals surface area contributed by atoms with Crippen LogP contribution in [0.3, 0.4) is 0 Å². The largest absolute Gasteiger partial charge is 0.484 e. The van der Waals surface area contributed by atoms with E-state index < -0.39 is 0 Å². The van der Waals surface area contributed by atoms with Gasteiger partial charge in [0.15, 0.2) is 6.61 Å². The van der Waals surface area contributed by atoms with Gasteiger partial charge in [0.25, 0.3) is 11.8 Å². The van der Waals surface area contributed by atoms with E-state index in [1.54, 1.807) is 36.4 Å². The number of aryl methyl sites for hydroxylation is 2. The van der Waals surface area contributed by atoms with Crippen LogP contribution in [0.2, 0.25) is 10.0 Å². The van der Waals surface area contributed by atoms with E-state index in [0.717, 1.165) is 11.1 Å². The summed E-state index contributed by atoms with van der Waals surface area (Å²) in [7, 11) is 0. The van der Waals surface area contributed by atoms with Gasteiger partial charge in [-0.05, 0) is 49.2 Å². The summed E-state index contributed by atoms with van der Waals surface area (Å²) >= 11 is 12.1. The Kier molecular flexibility index (Phi) is 7.30. The third-order valence-corrected chi connectivity index (χ3v) is 4.56. The number of hydrogen-bond donors (Lipinski definition) is 2. The highest BCUT2D eigenvalue weighted by Gasteiger charge is 2.09. The van der Waals surface area contributed by atoms with Crippen molar-refractivity contribution in [3.05, 3.63) is 63.1 Å². The minimum atomic E-state index is -0.284. The first-order chi connectivity index (χ1) is 12.4.